The van der Waals surface area contributed by atoms with Crippen molar-refractivity contribution in [1.82, 2.24) is 9.78 Å². The third-order valence-corrected chi connectivity index (χ3v) is 3.33. The van der Waals surface area contributed by atoms with E-state index in [1.807, 2.05) is 52.0 Å². The molecule has 3 nitrogen and oxygen atoms in total. The maximum atomic E-state index is 11.3. The fraction of sp³-hybridized carbons (Fsp3) is 0.333. The Morgan fingerprint density at radius 1 is 1.21 bits per heavy atom. The van der Waals surface area contributed by atoms with Crippen molar-refractivity contribution in [3.63, 3.8) is 0 Å². The molecule has 0 radical (unpaired) electrons. The molecule has 0 spiro atoms. The summed E-state index contributed by atoms with van der Waals surface area (Å²) in [5.74, 6) is 0. The lowest BCUT2D eigenvalue weighted by molar-refractivity contribution is 0.112. The van der Waals surface area contributed by atoms with E-state index in [9.17, 15) is 4.79 Å². The molecule has 100 valence electrons. The first-order valence-corrected chi connectivity index (χ1v) is 6.53. The Kier molecular flexibility index (Phi) is 3.50. The molecule has 1 aromatic carbocycles. The van der Waals surface area contributed by atoms with Crippen LogP contribution in [0.25, 0.3) is 5.69 Å². The summed E-state index contributed by atoms with van der Waals surface area (Å²) in [6, 6.07) is 7.86. The zero-order valence-corrected chi connectivity index (χ0v) is 12.3. The molecule has 0 saturated heterocycles. The summed E-state index contributed by atoms with van der Waals surface area (Å²) in [5.41, 5.74) is 2.98. The van der Waals surface area contributed by atoms with Gasteiger partial charge in [-0.1, -0.05) is 50.1 Å². The minimum Gasteiger partial charge on any atom is -0.298 e. The van der Waals surface area contributed by atoms with Crippen molar-refractivity contribution in [3.05, 3.63) is 46.2 Å². The normalized spacial score (nSPS) is 11.6. The smallest absolute Gasteiger partial charge is 0.155 e. The number of nitrogens with zero attached hydrogens (tertiary/aromatic N) is 2. The van der Waals surface area contributed by atoms with E-state index in [2.05, 4.69) is 5.10 Å². The Bertz CT molecular complexity index is 606. The van der Waals surface area contributed by atoms with Crippen LogP contribution in [0.3, 0.4) is 0 Å². The quantitative estimate of drug-likeness (QED) is 0.779. The first kappa shape index (κ1) is 13.8. The molecule has 0 saturated carbocycles. The van der Waals surface area contributed by atoms with Crippen LogP contribution >= 0.6 is 11.6 Å². The number of aromatic nitrogens is 2. The molecule has 0 aliphatic heterocycles. The van der Waals surface area contributed by atoms with Gasteiger partial charge in [0.2, 0.25) is 0 Å². The molecule has 0 fully saturated rings. The number of carbonyl (C=O) groups is 1. The highest BCUT2D eigenvalue weighted by atomic mass is 35.5. The Hall–Kier alpha value is -1.61. The predicted octanol–water partition coefficient (Wildman–Crippen LogP) is 3.94. The number of hydrogen-bond donors (Lipinski definition) is 0. The molecule has 0 amide bonds. The number of halogens is 1. The number of aldehydes is 1. The van der Waals surface area contributed by atoms with Crippen LogP contribution in [0.5, 0.6) is 0 Å². The summed E-state index contributed by atoms with van der Waals surface area (Å²) in [7, 11) is 0. The van der Waals surface area contributed by atoms with E-state index in [0.29, 0.717) is 16.4 Å². The number of carbonyl (C=O) groups excluding carboxylic acids is 1. The van der Waals surface area contributed by atoms with Crippen LogP contribution in [0, 0.1) is 6.92 Å². The second kappa shape index (κ2) is 4.82. The van der Waals surface area contributed by atoms with E-state index < -0.39 is 0 Å². The van der Waals surface area contributed by atoms with E-state index in [1.54, 1.807) is 4.68 Å². The van der Waals surface area contributed by atoms with Gasteiger partial charge in [-0.2, -0.15) is 5.10 Å². The minimum atomic E-state index is -0.226. The van der Waals surface area contributed by atoms with Gasteiger partial charge in [0.1, 0.15) is 5.15 Å². The van der Waals surface area contributed by atoms with Gasteiger partial charge in [0, 0.05) is 5.41 Å². The summed E-state index contributed by atoms with van der Waals surface area (Å²) in [5, 5.41) is 4.87. The van der Waals surface area contributed by atoms with E-state index in [1.165, 1.54) is 5.56 Å². The molecule has 19 heavy (non-hydrogen) atoms. The molecule has 0 aliphatic carbocycles. The Morgan fingerprint density at radius 2 is 1.79 bits per heavy atom. The van der Waals surface area contributed by atoms with Gasteiger partial charge in [0.25, 0.3) is 0 Å². The molecule has 0 bridgehead atoms. The largest absolute Gasteiger partial charge is 0.298 e. The molecule has 0 unspecified atom stereocenters. The zero-order chi connectivity index (χ0) is 14.2. The van der Waals surface area contributed by atoms with E-state index >= 15 is 0 Å². The fourth-order valence-electron chi connectivity index (χ4n) is 1.93. The Morgan fingerprint density at radius 3 is 2.21 bits per heavy atom. The van der Waals surface area contributed by atoms with Gasteiger partial charge in [-0.25, -0.2) is 4.68 Å². The van der Waals surface area contributed by atoms with Crippen LogP contribution in [-0.4, -0.2) is 16.1 Å². The van der Waals surface area contributed by atoms with E-state index in [-0.39, 0.29) is 5.41 Å². The first-order chi connectivity index (χ1) is 8.84. The summed E-state index contributed by atoms with van der Waals surface area (Å²) in [6.45, 7) is 8.06. The number of benzene rings is 1. The van der Waals surface area contributed by atoms with E-state index in [4.69, 9.17) is 11.6 Å². The van der Waals surface area contributed by atoms with Crippen molar-refractivity contribution < 1.29 is 4.79 Å². The molecule has 1 heterocycles. The first-order valence-electron chi connectivity index (χ1n) is 6.16. The Balaban J connectivity index is 2.63. The van der Waals surface area contributed by atoms with Crippen molar-refractivity contribution >= 4 is 17.9 Å². The summed E-state index contributed by atoms with van der Waals surface area (Å²) < 4.78 is 1.62. The van der Waals surface area contributed by atoms with Gasteiger partial charge in [0.15, 0.2) is 6.29 Å². The minimum absolute atomic E-state index is 0.226. The maximum absolute atomic E-state index is 11.3. The summed E-state index contributed by atoms with van der Waals surface area (Å²) in [4.78, 5) is 11.3. The average Bonchev–Trinajstić information content (AvgIpc) is 2.67. The van der Waals surface area contributed by atoms with Crippen LogP contribution < -0.4 is 0 Å². The Labute approximate surface area is 118 Å². The number of rotatable bonds is 2. The highest BCUT2D eigenvalue weighted by molar-refractivity contribution is 6.32. The van der Waals surface area contributed by atoms with Gasteiger partial charge in [-0.05, 0) is 19.1 Å². The lowest BCUT2D eigenvalue weighted by atomic mass is 9.90. The lowest BCUT2D eigenvalue weighted by Crippen LogP contribution is -2.14. The molecular weight excluding hydrogens is 260 g/mol. The van der Waals surface area contributed by atoms with Crippen LogP contribution in [0.2, 0.25) is 5.15 Å². The number of hydrogen-bond acceptors (Lipinski definition) is 2. The highest BCUT2D eigenvalue weighted by Gasteiger charge is 2.26. The summed E-state index contributed by atoms with van der Waals surface area (Å²) in [6.07, 6.45) is 0.778. The van der Waals surface area contributed by atoms with Crippen molar-refractivity contribution in [1.29, 1.82) is 0 Å². The second-order valence-electron chi connectivity index (χ2n) is 5.67. The van der Waals surface area contributed by atoms with Crippen molar-refractivity contribution in [2.24, 2.45) is 0 Å². The predicted molar refractivity (Wildman–Crippen MR) is 77.4 cm³/mol. The van der Waals surface area contributed by atoms with Gasteiger partial charge >= 0.3 is 0 Å². The van der Waals surface area contributed by atoms with Gasteiger partial charge < -0.3 is 0 Å². The lowest BCUT2D eigenvalue weighted by Gasteiger charge is -2.15. The van der Waals surface area contributed by atoms with Gasteiger partial charge in [-0.3, -0.25) is 4.79 Å². The van der Waals surface area contributed by atoms with E-state index in [0.717, 1.165) is 12.0 Å². The van der Waals surface area contributed by atoms with Gasteiger partial charge in [-0.15, -0.1) is 0 Å². The average molecular weight is 277 g/mol. The molecule has 2 aromatic rings. The van der Waals surface area contributed by atoms with Gasteiger partial charge in [0.05, 0.1) is 16.9 Å². The SMILES string of the molecule is Cc1ccc(-n2nc(C(C)(C)C)c(C=O)c2Cl)cc1. The van der Waals surface area contributed by atoms with Crippen molar-refractivity contribution in [3.8, 4) is 5.69 Å². The molecule has 2 rings (SSSR count). The monoisotopic (exact) mass is 276 g/mol. The third-order valence-electron chi connectivity index (χ3n) is 2.97. The highest BCUT2D eigenvalue weighted by Crippen LogP contribution is 2.30. The third kappa shape index (κ3) is 2.56. The van der Waals surface area contributed by atoms with Crippen LogP contribution in [0.15, 0.2) is 24.3 Å². The molecular formula is C15H17ClN2O. The second-order valence-corrected chi connectivity index (χ2v) is 6.03. The van der Waals surface area contributed by atoms with Crippen LogP contribution in [0.4, 0.5) is 0 Å². The standard InChI is InChI=1S/C15H17ClN2O/c1-10-5-7-11(8-6-10)18-14(16)12(9-19)13(17-18)15(2,3)4/h5-9H,1-4H3. The summed E-state index contributed by atoms with van der Waals surface area (Å²) >= 11 is 6.28. The van der Waals surface area contributed by atoms with Crippen molar-refractivity contribution in [2.45, 2.75) is 33.1 Å². The topological polar surface area (TPSA) is 34.9 Å². The maximum Gasteiger partial charge on any atom is 0.155 e. The molecule has 1 aromatic heterocycles. The van der Waals surface area contributed by atoms with Crippen LogP contribution in [0.1, 0.15) is 42.4 Å². The van der Waals surface area contributed by atoms with Crippen molar-refractivity contribution in [2.75, 3.05) is 0 Å². The number of aryl methyl sites for hydroxylation is 1. The zero-order valence-electron chi connectivity index (χ0n) is 11.6. The molecule has 0 N–H and O–H groups in total. The molecule has 0 aliphatic rings. The molecule has 0 atom stereocenters. The van der Waals surface area contributed by atoms with Crippen LogP contribution in [-0.2, 0) is 5.41 Å². The fourth-order valence-corrected chi connectivity index (χ4v) is 2.19. The molecule has 4 heteroatoms.